The molecule has 0 unspecified atom stereocenters. The van der Waals surface area contributed by atoms with Crippen LogP contribution in [0.25, 0.3) is 10.9 Å². The predicted molar refractivity (Wildman–Crippen MR) is 101 cm³/mol. The van der Waals surface area contributed by atoms with Gasteiger partial charge in [0.25, 0.3) is 5.56 Å². The third kappa shape index (κ3) is 4.33. The van der Waals surface area contributed by atoms with E-state index in [9.17, 15) is 4.79 Å². The zero-order chi connectivity index (χ0) is 14.7. The molecule has 0 aliphatic carbocycles. The molecule has 3 rings (SSSR count). The Balaban J connectivity index is 0.00000132. The highest BCUT2D eigenvalue weighted by atomic mass is 35.5. The number of halogens is 2. The fourth-order valence-electron chi connectivity index (χ4n) is 2.86. The average Bonchev–Trinajstić information content (AvgIpc) is 2.52. The number of hydrogen-bond donors (Lipinski definition) is 2. The third-order valence-electron chi connectivity index (χ3n) is 4.01. The van der Waals surface area contributed by atoms with Crippen LogP contribution >= 0.6 is 24.8 Å². The molecule has 0 spiro atoms. The van der Waals surface area contributed by atoms with Crippen molar-refractivity contribution in [3.63, 3.8) is 0 Å². The van der Waals surface area contributed by atoms with Crippen molar-refractivity contribution in [2.45, 2.75) is 39.0 Å². The molecule has 2 aromatic rings. The van der Waals surface area contributed by atoms with Gasteiger partial charge in [0.1, 0.15) is 5.75 Å². The van der Waals surface area contributed by atoms with E-state index >= 15 is 0 Å². The van der Waals surface area contributed by atoms with Crippen molar-refractivity contribution >= 4 is 41.4 Å². The molecule has 0 fully saturated rings. The first-order valence-corrected chi connectivity index (χ1v) is 7.85. The maximum Gasteiger partial charge on any atom is 0.253 e. The smallest absolute Gasteiger partial charge is 0.253 e. The molecule has 1 aromatic heterocycles. The normalized spacial score (nSPS) is 12.6. The van der Waals surface area contributed by atoms with Crippen molar-refractivity contribution in [3.05, 3.63) is 34.1 Å². The zero-order valence-electron chi connectivity index (χ0n) is 13.3. The van der Waals surface area contributed by atoms with Gasteiger partial charge in [-0.1, -0.05) is 19.8 Å². The van der Waals surface area contributed by atoms with E-state index in [2.05, 4.69) is 17.2 Å². The first-order valence-electron chi connectivity index (χ1n) is 7.85. The van der Waals surface area contributed by atoms with E-state index in [1.54, 1.807) is 0 Å². The van der Waals surface area contributed by atoms with Gasteiger partial charge in [-0.05, 0) is 37.5 Å². The van der Waals surface area contributed by atoms with Gasteiger partial charge in [0.15, 0.2) is 0 Å². The van der Waals surface area contributed by atoms with Gasteiger partial charge in [-0.2, -0.15) is 0 Å². The summed E-state index contributed by atoms with van der Waals surface area (Å²) in [6, 6.07) is 5.90. The lowest BCUT2D eigenvalue weighted by molar-refractivity contribution is 0.306. The lowest BCUT2D eigenvalue weighted by atomic mass is 10.0. The molecule has 0 bridgehead atoms. The molecule has 2 N–H and O–H groups in total. The van der Waals surface area contributed by atoms with Gasteiger partial charge in [0.2, 0.25) is 0 Å². The van der Waals surface area contributed by atoms with Gasteiger partial charge in [-0.3, -0.25) is 4.79 Å². The molecule has 2 heterocycles. The molecular weight excluding hydrogens is 335 g/mol. The van der Waals surface area contributed by atoms with Gasteiger partial charge in [-0.15, -0.1) is 24.8 Å². The van der Waals surface area contributed by atoms with Gasteiger partial charge in [0, 0.05) is 17.5 Å². The van der Waals surface area contributed by atoms with Crippen LogP contribution < -0.4 is 15.6 Å². The summed E-state index contributed by atoms with van der Waals surface area (Å²) in [5.74, 6) is 0.875. The van der Waals surface area contributed by atoms with Crippen molar-refractivity contribution in [3.8, 4) is 5.75 Å². The molecule has 23 heavy (non-hydrogen) atoms. The highest BCUT2D eigenvalue weighted by molar-refractivity contribution is 5.94. The molecule has 1 aliphatic rings. The minimum Gasteiger partial charge on any atom is -0.494 e. The van der Waals surface area contributed by atoms with Crippen LogP contribution in [0.5, 0.6) is 5.75 Å². The fraction of sp³-hybridized carbons (Fsp3) is 0.471. The van der Waals surface area contributed by atoms with E-state index in [0.29, 0.717) is 0 Å². The maximum atomic E-state index is 12.1. The minimum absolute atomic E-state index is 0. The molecule has 0 saturated heterocycles. The number of H-pyrrole nitrogens is 1. The Labute approximate surface area is 148 Å². The number of benzene rings is 1. The molecule has 0 atom stereocenters. The third-order valence-corrected chi connectivity index (χ3v) is 4.01. The zero-order valence-corrected chi connectivity index (χ0v) is 14.9. The lowest BCUT2D eigenvalue weighted by Gasteiger charge is -2.19. The van der Waals surface area contributed by atoms with Crippen LogP contribution in [-0.2, 0) is 6.42 Å². The van der Waals surface area contributed by atoms with E-state index in [1.807, 2.05) is 18.2 Å². The number of aromatic amines is 1. The predicted octanol–water partition coefficient (Wildman–Crippen LogP) is 4.30. The Kier molecular flexibility index (Phi) is 7.73. The molecule has 0 saturated carbocycles. The topological polar surface area (TPSA) is 54.1 Å². The Morgan fingerprint density at radius 1 is 1.22 bits per heavy atom. The summed E-state index contributed by atoms with van der Waals surface area (Å²) in [6.07, 6.45) is 5.32. The van der Waals surface area contributed by atoms with Crippen molar-refractivity contribution in [2.24, 2.45) is 0 Å². The summed E-state index contributed by atoms with van der Waals surface area (Å²) in [4.78, 5) is 15.1. The quantitative estimate of drug-likeness (QED) is 0.783. The number of unbranched alkanes of at least 4 members (excludes halogenated alkanes) is 2. The molecule has 1 aliphatic heterocycles. The van der Waals surface area contributed by atoms with Crippen LogP contribution in [0.2, 0.25) is 0 Å². The number of aromatic nitrogens is 1. The molecule has 1 aromatic carbocycles. The first-order chi connectivity index (χ1) is 10.3. The number of fused-ring (bicyclic) bond motifs is 3. The Morgan fingerprint density at radius 2 is 2.04 bits per heavy atom. The van der Waals surface area contributed by atoms with Crippen molar-refractivity contribution in [2.75, 3.05) is 18.5 Å². The number of anilines is 1. The monoisotopic (exact) mass is 358 g/mol. The SMILES string of the molecule is CCCCCOc1ccc2[nH]c(=O)c3c(c2c1)NCCC3.Cl.Cl. The van der Waals surface area contributed by atoms with Crippen molar-refractivity contribution in [1.29, 1.82) is 0 Å². The highest BCUT2D eigenvalue weighted by Gasteiger charge is 2.16. The molecule has 4 nitrogen and oxygen atoms in total. The maximum absolute atomic E-state index is 12.1. The molecule has 0 radical (unpaired) electrons. The van der Waals surface area contributed by atoms with E-state index in [4.69, 9.17) is 4.74 Å². The minimum atomic E-state index is 0. The standard InChI is InChI=1S/C17H22N2O2.2ClH/c1-2-3-4-10-21-12-7-8-15-14(11-12)16-13(17(20)19-15)6-5-9-18-16;;/h7-8,11,18H,2-6,9-10H2,1H3,(H,19,20);2*1H. The Bertz CT molecular complexity index is 701. The second kappa shape index (κ2) is 9.04. The van der Waals surface area contributed by atoms with Crippen molar-refractivity contribution < 1.29 is 4.74 Å². The largest absolute Gasteiger partial charge is 0.494 e. The number of rotatable bonds is 5. The average molecular weight is 359 g/mol. The summed E-state index contributed by atoms with van der Waals surface area (Å²) in [6.45, 7) is 3.86. The Morgan fingerprint density at radius 3 is 2.83 bits per heavy atom. The van der Waals surface area contributed by atoms with E-state index < -0.39 is 0 Å². The van der Waals surface area contributed by atoms with E-state index in [1.165, 1.54) is 12.8 Å². The van der Waals surface area contributed by atoms with Crippen LogP contribution in [0, 0.1) is 0 Å². The Hall–Kier alpha value is -1.39. The van der Waals surface area contributed by atoms with Gasteiger partial charge in [0.05, 0.1) is 17.8 Å². The van der Waals surface area contributed by atoms with Gasteiger partial charge >= 0.3 is 0 Å². The van der Waals surface area contributed by atoms with Crippen molar-refractivity contribution in [1.82, 2.24) is 4.98 Å². The highest BCUT2D eigenvalue weighted by Crippen LogP contribution is 2.30. The number of pyridine rings is 1. The van der Waals surface area contributed by atoms with E-state index in [0.717, 1.165) is 60.3 Å². The lowest BCUT2D eigenvalue weighted by Crippen LogP contribution is -2.22. The van der Waals surface area contributed by atoms with Crippen LogP contribution in [0.3, 0.4) is 0 Å². The number of nitrogens with one attached hydrogen (secondary N) is 2. The number of ether oxygens (including phenoxy) is 1. The summed E-state index contributed by atoms with van der Waals surface area (Å²) >= 11 is 0. The van der Waals surface area contributed by atoms with Crippen LogP contribution in [0.4, 0.5) is 5.69 Å². The van der Waals surface area contributed by atoms with Crippen LogP contribution in [0.1, 0.15) is 38.2 Å². The molecule has 0 amide bonds. The summed E-state index contributed by atoms with van der Waals surface area (Å²) in [5.41, 5.74) is 2.76. The van der Waals surface area contributed by atoms with Gasteiger partial charge in [-0.25, -0.2) is 0 Å². The van der Waals surface area contributed by atoms with E-state index in [-0.39, 0.29) is 30.4 Å². The fourth-order valence-corrected chi connectivity index (χ4v) is 2.86. The molecule has 128 valence electrons. The van der Waals surface area contributed by atoms with Crippen LogP contribution in [-0.4, -0.2) is 18.1 Å². The first kappa shape index (κ1) is 19.7. The molecular formula is C17H24Cl2N2O2. The van der Waals surface area contributed by atoms with Crippen LogP contribution in [0.15, 0.2) is 23.0 Å². The number of hydrogen-bond acceptors (Lipinski definition) is 3. The summed E-state index contributed by atoms with van der Waals surface area (Å²) in [5, 5.41) is 4.43. The summed E-state index contributed by atoms with van der Waals surface area (Å²) < 4.78 is 5.82. The van der Waals surface area contributed by atoms with Gasteiger partial charge < -0.3 is 15.0 Å². The summed E-state index contributed by atoms with van der Waals surface area (Å²) in [7, 11) is 0. The second-order valence-corrected chi connectivity index (χ2v) is 5.60. The second-order valence-electron chi connectivity index (χ2n) is 5.60. The molecule has 6 heteroatoms.